The molecule has 0 aliphatic heterocycles. The standard InChI is InChI=1S/C7H9BrN2O/c1-2-3-11-7-5-9-4-6(8)10-7/h4-5H,2-3H2,1H3. The second-order valence-corrected chi connectivity index (χ2v) is 2.84. The molecule has 0 aromatic carbocycles. The largest absolute Gasteiger partial charge is 0.477 e. The fourth-order valence-corrected chi connectivity index (χ4v) is 0.895. The van der Waals surface area contributed by atoms with E-state index < -0.39 is 0 Å². The summed E-state index contributed by atoms with van der Waals surface area (Å²) in [5, 5.41) is 0. The topological polar surface area (TPSA) is 35.0 Å². The Bertz CT molecular complexity index is 229. The third kappa shape index (κ3) is 2.84. The third-order valence-electron chi connectivity index (χ3n) is 1.04. The highest BCUT2D eigenvalue weighted by atomic mass is 79.9. The number of aromatic nitrogens is 2. The maximum Gasteiger partial charge on any atom is 0.233 e. The molecule has 0 fully saturated rings. The van der Waals surface area contributed by atoms with Gasteiger partial charge in [-0.1, -0.05) is 6.92 Å². The lowest BCUT2D eigenvalue weighted by Crippen LogP contribution is -1.97. The van der Waals surface area contributed by atoms with E-state index >= 15 is 0 Å². The van der Waals surface area contributed by atoms with Crippen molar-refractivity contribution >= 4 is 15.9 Å². The van der Waals surface area contributed by atoms with Gasteiger partial charge in [-0.25, -0.2) is 4.98 Å². The van der Waals surface area contributed by atoms with Crippen molar-refractivity contribution in [3.8, 4) is 5.88 Å². The lowest BCUT2D eigenvalue weighted by atomic mass is 10.5. The Morgan fingerprint density at radius 1 is 1.55 bits per heavy atom. The molecule has 0 atom stereocenters. The molecule has 0 saturated carbocycles. The van der Waals surface area contributed by atoms with Crippen molar-refractivity contribution < 1.29 is 4.74 Å². The average Bonchev–Trinajstić information content (AvgIpc) is 2.01. The van der Waals surface area contributed by atoms with Crippen LogP contribution in [0.3, 0.4) is 0 Å². The van der Waals surface area contributed by atoms with E-state index in [1.165, 1.54) is 0 Å². The van der Waals surface area contributed by atoms with Crippen LogP contribution in [0.25, 0.3) is 0 Å². The van der Waals surface area contributed by atoms with Gasteiger partial charge in [-0.3, -0.25) is 4.98 Å². The van der Waals surface area contributed by atoms with Gasteiger partial charge in [-0.15, -0.1) is 0 Å². The Labute approximate surface area is 73.9 Å². The van der Waals surface area contributed by atoms with E-state index in [-0.39, 0.29) is 0 Å². The van der Waals surface area contributed by atoms with E-state index in [9.17, 15) is 0 Å². The van der Waals surface area contributed by atoms with Crippen molar-refractivity contribution in [2.24, 2.45) is 0 Å². The fourth-order valence-electron chi connectivity index (χ4n) is 0.602. The third-order valence-corrected chi connectivity index (χ3v) is 1.42. The van der Waals surface area contributed by atoms with Crippen molar-refractivity contribution in [1.29, 1.82) is 0 Å². The van der Waals surface area contributed by atoms with Gasteiger partial charge < -0.3 is 4.74 Å². The van der Waals surface area contributed by atoms with Crippen LogP contribution in [0.1, 0.15) is 13.3 Å². The first-order valence-corrected chi connectivity index (χ1v) is 4.22. The quantitative estimate of drug-likeness (QED) is 0.776. The first-order chi connectivity index (χ1) is 5.33. The van der Waals surface area contributed by atoms with Gasteiger partial charge in [0, 0.05) is 0 Å². The molecule has 0 aliphatic rings. The van der Waals surface area contributed by atoms with Crippen LogP contribution in [0.5, 0.6) is 5.88 Å². The van der Waals surface area contributed by atoms with Crippen molar-refractivity contribution in [2.75, 3.05) is 6.61 Å². The van der Waals surface area contributed by atoms with Crippen LogP contribution in [-0.2, 0) is 0 Å². The second kappa shape index (κ2) is 4.28. The van der Waals surface area contributed by atoms with Crippen LogP contribution in [0.15, 0.2) is 17.0 Å². The summed E-state index contributed by atoms with van der Waals surface area (Å²) in [6, 6.07) is 0. The molecular formula is C7H9BrN2O. The Morgan fingerprint density at radius 3 is 3.00 bits per heavy atom. The molecule has 0 amide bonds. The summed E-state index contributed by atoms with van der Waals surface area (Å²) in [5.74, 6) is 0.571. The Balaban J connectivity index is 2.56. The highest BCUT2D eigenvalue weighted by molar-refractivity contribution is 9.10. The summed E-state index contributed by atoms with van der Waals surface area (Å²) >= 11 is 3.20. The first kappa shape index (κ1) is 8.46. The van der Waals surface area contributed by atoms with E-state index in [2.05, 4.69) is 25.9 Å². The number of rotatable bonds is 3. The highest BCUT2D eigenvalue weighted by Gasteiger charge is 1.94. The van der Waals surface area contributed by atoms with Gasteiger partial charge in [-0.2, -0.15) is 0 Å². The zero-order chi connectivity index (χ0) is 8.10. The summed E-state index contributed by atoms with van der Waals surface area (Å²) in [5.41, 5.74) is 0. The van der Waals surface area contributed by atoms with Crippen LogP contribution in [0.4, 0.5) is 0 Å². The number of halogens is 1. The van der Waals surface area contributed by atoms with Crippen LogP contribution < -0.4 is 4.74 Å². The lowest BCUT2D eigenvalue weighted by molar-refractivity contribution is 0.303. The molecule has 0 unspecified atom stereocenters. The molecule has 1 aromatic rings. The zero-order valence-corrected chi connectivity index (χ0v) is 7.84. The van der Waals surface area contributed by atoms with E-state index in [1.807, 2.05) is 6.92 Å². The Hall–Kier alpha value is -0.640. The molecule has 0 radical (unpaired) electrons. The molecule has 0 saturated heterocycles. The fraction of sp³-hybridized carbons (Fsp3) is 0.429. The summed E-state index contributed by atoms with van der Waals surface area (Å²) in [4.78, 5) is 7.95. The van der Waals surface area contributed by atoms with Crippen molar-refractivity contribution in [1.82, 2.24) is 9.97 Å². The van der Waals surface area contributed by atoms with Crippen molar-refractivity contribution in [3.05, 3.63) is 17.0 Å². The highest BCUT2D eigenvalue weighted by Crippen LogP contribution is 2.09. The van der Waals surface area contributed by atoms with Gasteiger partial charge in [0.1, 0.15) is 4.60 Å². The number of hydrogen-bond acceptors (Lipinski definition) is 3. The van der Waals surface area contributed by atoms with E-state index in [0.717, 1.165) is 6.42 Å². The van der Waals surface area contributed by atoms with Crippen molar-refractivity contribution in [3.63, 3.8) is 0 Å². The van der Waals surface area contributed by atoms with Crippen LogP contribution >= 0.6 is 15.9 Å². The summed E-state index contributed by atoms with van der Waals surface area (Å²) in [6.45, 7) is 2.73. The van der Waals surface area contributed by atoms with Crippen LogP contribution in [-0.4, -0.2) is 16.6 Å². The second-order valence-electron chi connectivity index (χ2n) is 2.03. The predicted octanol–water partition coefficient (Wildman–Crippen LogP) is 2.03. The first-order valence-electron chi connectivity index (χ1n) is 3.43. The maximum atomic E-state index is 5.23. The summed E-state index contributed by atoms with van der Waals surface area (Å²) in [6.07, 6.45) is 4.20. The molecule has 3 nitrogen and oxygen atoms in total. The number of hydrogen-bond donors (Lipinski definition) is 0. The van der Waals surface area contributed by atoms with Crippen LogP contribution in [0.2, 0.25) is 0 Å². The van der Waals surface area contributed by atoms with Gasteiger partial charge in [0.15, 0.2) is 0 Å². The summed E-state index contributed by atoms with van der Waals surface area (Å²) in [7, 11) is 0. The minimum atomic E-state index is 0.571. The molecule has 0 spiro atoms. The maximum absolute atomic E-state index is 5.23. The number of nitrogens with zero attached hydrogens (tertiary/aromatic N) is 2. The monoisotopic (exact) mass is 216 g/mol. The molecule has 11 heavy (non-hydrogen) atoms. The summed E-state index contributed by atoms with van der Waals surface area (Å²) < 4.78 is 5.93. The molecular weight excluding hydrogens is 208 g/mol. The molecule has 0 N–H and O–H groups in total. The lowest BCUT2D eigenvalue weighted by Gasteiger charge is -2.01. The van der Waals surface area contributed by atoms with Crippen molar-refractivity contribution in [2.45, 2.75) is 13.3 Å². The predicted molar refractivity (Wildman–Crippen MR) is 45.5 cm³/mol. The van der Waals surface area contributed by atoms with E-state index in [0.29, 0.717) is 17.1 Å². The molecule has 1 aromatic heterocycles. The molecule has 1 heterocycles. The smallest absolute Gasteiger partial charge is 0.233 e. The Kier molecular flexibility index (Phi) is 3.29. The van der Waals surface area contributed by atoms with E-state index in [1.54, 1.807) is 12.4 Å². The SMILES string of the molecule is CCCOc1cncc(Br)n1. The van der Waals surface area contributed by atoms with Gasteiger partial charge in [0.25, 0.3) is 0 Å². The van der Waals surface area contributed by atoms with E-state index in [4.69, 9.17) is 4.74 Å². The van der Waals surface area contributed by atoms with Gasteiger partial charge in [-0.05, 0) is 22.4 Å². The molecule has 60 valence electrons. The molecule has 4 heteroatoms. The Morgan fingerprint density at radius 2 is 2.36 bits per heavy atom. The van der Waals surface area contributed by atoms with Gasteiger partial charge >= 0.3 is 0 Å². The minimum Gasteiger partial charge on any atom is -0.477 e. The van der Waals surface area contributed by atoms with Gasteiger partial charge in [0.05, 0.1) is 19.0 Å². The minimum absolute atomic E-state index is 0.571. The average molecular weight is 217 g/mol. The van der Waals surface area contributed by atoms with Crippen LogP contribution in [0, 0.1) is 0 Å². The molecule has 0 bridgehead atoms. The zero-order valence-electron chi connectivity index (χ0n) is 6.25. The van der Waals surface area contributed by atoms with Gasteiger partial charge in [0.2, 0.25) is 5.88 Å². The normalized spacial score (nSPS) is 9.64. The number of ether oxygens (including phenoxy) is 1. The molecule has 0 aliphatic carbocycles. The molecule has 1 rings (SSSR count).